The molecular formula is C21H22N2O5. The number of aliphatic carboxylic acids is 1. The summed E-state index contributed by atoms with van der Waals surface area (Å²) in [4.78, 5) is 35.7. The Hall–Kier alpha value is -3.35. The Balaban J connectivity index is 1.56. The van der Waals surface area contributed by atoms with Crippen LogP contribution in [-0.2, 0) is 14.4 Å². The molecule has 146 valence electrons. The van der Waals surface area contributed by atoms with E-state index in [0.717, 1.165) is 0 Å². The Bertz CT molecular complexity index is 895. The molecule has 0 heterocycles. The minimum atomic E-state index is -0.968. The van der Waals surface area contributed by atoms with E-state index in [9.17, 15) is 19.5 Å². The molecule has 1 aliphatic rings. The van der Waals surface area contributed by atoms with Gasteiger partial charge in [0.1, 0.15) is 5.75 Å². The predicted octanol–water partition coefficient (Wildman–Crippen LogP) is 3.00. The van der Waals surface area contributed by atoms with Crippen molar-refractivity contribution in [1.29, 1.82) is 0 Å². The van der Waals surface area contributed by atoms with Crippen LogP contribution in [-0.4, -0.2) is 29.5 Å². The van der Waals surface area contributed by atoms with Crippen LogP contribution in [0, 0.1) is 17.3 Å². The molecule has 0 aliphatic heterocycles. The molecule has 2 amide bonds. The van der Waals surface area contributed by atoms with Crippen LogP contribution in [0.5, 0.6) is 5.75 Å². The van der Waals surface area contributed by atoms with Gasteiger partial charge in [0.25, 0.3) is 5.91 Å². The first-order valence-electron chi connectivity index (χ1n) is 8.90. The smallest absolute Gasteiger partial charge is 0.307 e. The third kappa shape index (κ3) is 4.31. The van der Waals surface area contributed by atoms with Gasteiger partial charge < -0.3 is 20.5 Å². The number of hydrogen-bond donors (Lipinski definition) is 3. The molecular weight excluding hydrogens is 360 g/mol. The highest BCUT2D eigenvalue weighted by atomic mass is 16.5. The molecule has 28 heavy (non-hydrogen) atoms. The molecule has 0 spiro atoms. The van der Waals surface area contributed by atoms with E-state index in [-0.39, 0.29) is 18.4 Å². The van der Waals surface area contributed by atoms with Gasteiger partial charge in [0.05, 0.1) is 11.8 Å². The summed E-state index contributed by atoms with van der Waals surface area (Å²) in [5, 5.41) is 14.6. The first kappa shape index (κ1) is 19.4. The van der Waals surface area contributed by atoms with Crippen molar-refractivity contribution in [2.24, 2.45) is 17.3 Å². The van der Waals surface area contributed by atoms with Crippen molar-refractivity contribution < 1.29 is 24.2 Å². The number of rotatable bonds is 7. The van der Waals surface area contributed by atoms with E-state index in [2.05, 4.69) is 10.6 Å². The number of carboxylic acid groups (broad SMARTS) is 1. The largest absolute Gasteiger partial charge is 0.484 e. The Labute approximate surface area is 162 Å². The summed E-state index contributed by atoms with van der Waals surface area (Å²) >= 11 is 0. The summed E-state index contributed by atoms with van der Waals surface area (Å²) < 4.78 is 5.39. The summed E-state index contributed by atoms with van der Waals surface area (Å²) in [7, 11) is 0. The fourth-order valence-corrected chi connectivity index (χ4v) is 3.35. The monoisotopic (exact) mass is 382 g/mol. The fourth-order valence-electron chi connectivity index (χ4n) is 3.35. The van der Waals surface area contributed by atoms with E-state index >= 15 is 0 Å². The zero-order chi connectivity index (χ0) is 20.3. The zero-order valence-electron chi connectivity index (χ0n) is 15.6. The predicted molar refractivity (Wildman–Crippen MR) is 104 cm³/mol. The number of amides is 2. The lowest BCUT2D eigenvalue weighted by atomic mass is 10.1. The molecule has 7 nitrogen and oxygen atoms in total. The molecule has 0 radical (unpaired) electrons. The van der Waals surface area contributed by atoms with E-state index < -0.39 is 23.2 Å². The lowest BCUT2D eigenvalue weighted by Gasteiger charge is -2.10. The van der Waals surface area contributed by atoms with Crippen LogP contribution < -0.4 is 15.4 Å². The van der Waals surface area contributed by atoms with Gasteiger partial charge in [-0.2, -0.15) is 0 Å². The minimum Gasteiger partial charge on any atom is -0.484 e. The number of carboxylic acids is 1. The number of para-hydroxylation sites is 1. The van der Waals surface area contributed by atoms with Gasteiger partial charge in [-0.1, -0.05) is 38.1 Å². The molecule has 0 aromatic heterocycles. The van der Waals surface area contributed by atoms with E-state index in [1.165, 1.54) is 0 Å². The van der Waals surface area contributed by atoms with Gasteiger partial charge in [-0.3, -0.25) is 14.4 Å². The number of hydrogen-bond acceptors (Lipinski definition) is 4. The molecule has 2 unspecified atom stereocenters. The maximum absolute atomic E-state index is 12.4. The van der Waals surface area contributed by atoms with Crippen LogP contribution in [0.2, 0.25) is 0 Å². The molecule has 1 fully saturated rings. The first-order chi connectivity index (χ1) is 13.3. The van der Waals surface area contributed by atoms with Crippen LogP contribution in [0.15, 0.2) is 54.6 Å². The highest BCUT2D eigenvalue weighted by Gasteiger charge is 2.65. The topological polar surface area (TPSA) is 105 Å². The zero-order valence-corrected chi connectivity index (χ0v) is 15.6. The minimum absolute atomic E-state index is 0.142. The second-order valence-electron chi connectivity index (χ2n) is 7.33. The Morgan fingerprint density at radius 1 is 0.964 bits per heavy atom. The Morgan fingerprint density at radius 3 is 2.21 bits per heavy atom. The number of carbonyl (C=O) groups excluding carboxylic acids is 2. The lowest BCUT2D eigenvalue weighted by Crippen LogP contribution is -2.20. The highest BCUT2D eigenvalue weighted by molar-refractivity contribution is 6.00. The number of benzene rings is 2. The van der Waals surface area contributed by atoms with Crippen molar-refractivity contribution in [3.63, 3.8) is 0 Å². The van der Waals surface area contributed by atoms with Crippen LogP contribution >= 0.6 is 0 Å². The van der Waals surface area contributed by atoms with Gasteiger partial charge in [0, 0.05) is 11.4 Å². The molecule has 1 aliphatic carbocycles. The highest BCUT2D eigenvalue weighted by Crippen LogP contribution is 2.58. The van der Waals surface area contributed by atoms with Crippen molar-refractivity contribution >= 4 is 29.2 Å². The van der Waals surface area contributed by atoms with Crippen molar-refractivity contribution in [3.8, 4) is 5.75 Å². The van der Waals surface area contributed by atoms with Crippen LogP contribution in [0.25, 0.3) is 0 Å². The summed E-state index contributed by atoms with van der Waals surface area (Å²) in [5.74, 6) is -2.31. The molecule has 3 rings (SSSR count). The molecule has 2 atom stereocenters. The standard InChI is InChI=1S/C21H22N2O5/c1-21(2)17(18(21)20(26)27)19(25)23-14-8-6-7-13(11-14)22-16(24)12-28-15-9-4-3-5-10-15/h3-11,17-18H,12H2,1-2H3,(H,22,24)(H,23,25)(H,26,27). The third-order valence-corrected chi connectivity index (χ3v) is 4.90. The summed E-state index contributed by atoms with van der Waals surface area (Å²) in [6, 6.07) is 15.7. The molecule has 2 aromatic rings. The molecule has 7 heteroatoms. The van der Waals surface area contributed by atoms with Gasteiger partial charge in [0.2, 0.25) is 5.91 Å². The van der Waals surface area contributed by atoms with E-state index in [0.29, 0.717) is 17.1 Å². The summed E-state index contributed by atoms with van der Waals surface area (Å²) in [5.41, 5.74) is 0.416. The van der Waals surface area contributed by atoms with Crippen molar-refractivity contribution in [1.82, 2.24) is 0 Å². The molecule has 3 N–H and O–H groups in total. The SMILES string of the molecule is CC1(C)C(C(=O)O)C1C(=O)Nc1cccc(NC(=O)COc2ccccc2)c1. The van der Waals surface area contributed by atoms with Gasteiger partial charge >= 0.3 is 5.97 Å². The molecule has 0 bridgehead atoms. The second kappa shape index (κ2) is 7.72. The van der Waals surface area contributed by atoms with Crippen LogP contribution in [0.3, 0.4) is 0 Å². The van der Waals surface area contributed by atoms with E-state index in [1.807, 2.05) is 18.2 Å². The maximum atomic E-state index is 12.4. The second-order valence-corrected chi connectivity index (χ2v) is 7.33. The fraction of sp³-hybridized carbons (Fsp3) is 0.286. The molecule has 2 aromatic carbocycles. The molecule has 1 saturated carbocycles. The average Bonchev–Trinajstić information content (AvgIpc) is 3.24. The summed E-state index contributed by atoms with van der Waals surface area (Å²) in [6.45, 7) is 3.38. The maximum Gasteiger partial charge on any atom is 0.307 e. The number of carbonyl (C=O) groups is 3. The Morgan fingerprint density at radius 2 is 1.61 bits per heavy atom. The summed E-state index contributed by atoms with van der Waals surface area (Å²) in [6.07, 6.45) is 0. The normalized spacial score (nSPS) is 19.4. The number of nitrogens with one attached hydrogen (secondary N) is 2. The van der Waals surface area contributed by atoms with Gasteiger partial charge in [-0.25, -0.2) is 0 Å². The van der Waals surface area contributed by atoms with Gasteiger partial charge in [-0.05, 0) is 35.7 Å². The lowest BCUT2D eigenvalue weighted by molar-refractivity contribution is -0.140. The average molecular weight is 382 g/mol. The van der Waals surface area contributed by atoms with Crippen LogP contribution in [0.4, 0.5) is 11.4 Å². The third-order valence-electron chi connectivity index (χ3n) is 4.90. The number of ether oxygens (including phenoxy) is 1. The first-order valence-corrected chi connectivity index (χ1v) is 8.90. The quantitative estimate of drug-likeness (QED) is 0.683. The van der Waals surface area contributed by atoms with Crippen molar-refractivity contribution in [3.05, 3.63) is 54.6 Å². The molecule has 0 saturated heterocycles. The van der Waals surface area contributed by atoms with Gasteiger partial charge in [-0.15, -0.1) is 0 Å². The van der Waals surface area contributed by atoms with Crippen molar-refractivity contribution in [2.75, 3.05) is 17.2 Å². The number of anilines is 2. The van der Waals surface area contributed by atoms with E-state index in [1.54, 1.807) is 50.2 Å². The van der Waals surface area contributed by atoms with Crippen molar-refractivity contribution in [2.45, 2.75) is 13.8 Å². The van der Waals surface area contributed by atoms with Gasteiger partial charge in [0.15, 0.2) is 6.61 Å². The Kier molecular flexibility index (Phi) is 5.35. The van der Waals surface area contributed by atoms with E-state index in [4.69, 9.17) is 4.74 Å². The van der Waals surface area contributed by atoms with Crippen LogP contribution in [0.1, 0.15) is 13.8 Å².